The summed E-state index contributed by atoms with van der Waals surface area (Å²) in [5.74, 6) is -2.84. The number of carbonyl (C=O) groups is 1. The van der Waals surface area contributed by atoms with E-state index >= 15 is 0 Å². The number of carbonyl (C=O) groups excluding carboxylic acids is 1. The minimum atomic E-state index is -3.97. The lowest BCUT2D eigenvalue weighted by molar-refractivity contribution is -0.0440. The van der Waals surface area contributed by atoms with Crippen molar-refractivity contribution in [3.63, 3.8) is 0 Å². The van der Waals surface area contributed by atoms with E-state index in [1.54, 1.807) is 13.8 Å². The Bertz CT molecular complexity index is 1040. The summed E-state index contributed by atoms with van der Waals surface area (Å²) in [7, 11) is -3.97. The van der Waals surface area contributed by atoms with Gasteiger partial charge in [-0.15, -0.1) is 0 Å². The van der Waals surface area contributed by atoms with Crippen LogP contribution in [0.1, 0.15) is 24.2 Å². The van der Waals surface area contributed by atoms with E-state index < -0.39 is 27.6 Å². The summed E-state index contributed by atoms with van der Waals surface area (Å²) in [6.45, 7) is 3.86. The van der Waals surface area contributed by atoms with E-state index in [9.17, 15) is 22.0 Å². The van der Waals surface area contributed by atoms with Crippen LogP contribution in [-0.4, -0.2) is 43.9 Å². The van der Waals surface area contributed by atoms with Gasteiger partial charge in [0, 0.05) is 30.4 Å². The van der Waals surface area contributed by atoms with Crippen LogP contribution in [0.15, 0.2) is 41.3 Å². The molecule has 3 rings (SSSR count). The topological polar surface area (TPSA) is 75.7 Å². The Hall–Kier alpha value is -2.07. The third kappa shape index (κ3) is 4.75. The number of amides is 1. The van der Waals surface area contributed by atoms with Gasteiger partial charge in [0.1, 0.15) is 4.90 Å². The van der Waals surface area contributed by atoms with Crippen LogP contribution in [0.25, 0.3) is 0 Å². The Labute approximate surface area is 172 Å². The van der Waals surface area contributed by atoms with Crippen molar-refractivity contribution in [1.82, 2.24) is 4.31 Å². The number of sulfonamides is 1. The average Bonchev–Trinajstić information content (AvgIpc) is 2.64. The van der Waals surface area contributed by atoms with Crippen molar-refractivity contribution in [2.45, 2.75) is 31.0 Å². The van der Waals surface area contributed by atoms with Gasteiger partial charge in [-0.1, -0.05) is 11.6 Å². The van der Waals surface area contributed by atoms with E-state index in [0.29, 0.717) is 0 Å². The standard InChI is InChI=1S/C19H19ClF2N2O4S/c1-11-9-24(10-12(2)28-11)29(26,27)18-7-13(3-5-15(18)20)19(25)23-14-4-6-16(21)17(22)8-14/h3-8,11-12H,9-10H2,1-2H3,(H,23,25). The molecule has 0 saturated carbocycles. The van der Waals surface area contributed by atoms with Gasteiger partial charge in [0.15, 0.2) is 11.6 Å². The highest BCUT2D eigenvalue weighted by Gasteiger charge is 2.33. The minimum Gasteiger partial charge on any atom is -0.373 e. The van der Waals surface area contributed by atoms with Crippen molar-refractivity contribution in [2.75, 3.05) is 18.4 Å². The molecule has 1 N–H and O–H groups in total. The largest absolute Gasteiger partial charge is 0.373 e. The van der Waals surface area contributed by atoms with Crippen LogP contribution in [0.4, 0.5) is 14.5 Å². The van der Waals surface area contributed by atoms with Crippen LogP contribution in [-0.2, 0) is 14.8 Å². The van der Waals surface area contributed by atoms with E-state index in [1.807, 2.05) is 0 Å². The summed E-state index contributed by atoms with van der Waals surface area (Å²) >= 11 is 6.12. The van der Waals surface area contributed by atoms with Crippen LogP contribution < -0.4 is 5.32 Å². The van der Waals surface area contributed by atoms with Gasteiger partial charge in [-0.05, 0) is 44.2 Å². The predicted molar refractivity (Wildman–Crippen MR) is 105 cm³/mol. The number of nitrogens with zero attached hydrogens (tertiary/aromatic N) is 1. The number of anilines is 1. The number of hydrogen-bond acceptors (Lipinski definition) is 4. The molecule has 0 aromatic heterocycles. The molecule has 2 aromatic carbocycles. The maximum atomic E-state index is 13.3. The zero-order valence-electron chi connectivity index (χ0n) is 15.7. The van der Waals surface area contributed by atoms with Crippen LogP contribution >= 0.6 is 11.6 Å². The van der Waals surface area contributed by atoms with E-state index in [1.165, 1.54) is 22.5 Å². The molecule has 0 radical (unpaired) electrons. The zero-order chi connectivity index (χ0) is 21.3. The SMILES string of the molecule is CC1CN(S(=O)(=O)c2cc(C(=O)Nc3ccc(F)c(F)c3)ccc2Cl)CC(C)O1. The monoisotopic (exact) mass is 444 g/mol. The molecule has 2 unspecified atom stereocenters. The Morgan fingerprint density at radius 3 is 2.38 bits per heavy atom. The van der Waals surface area contributed by atoms with Crippen LogP contribution in [0.2, 0.25) is 5.02 Å². The lowest BCUT2D eigenvalue weighted by Gasteiger charge is -2.34. The molecule has 0 bridgehead atoms. The van der Waals surface area contributed by atoms with Crippen molar-refractivity contribution < 1.29 is 26.7 Å². The lowest BCUT2D eigenvalue weighted by Crippen LogP contribution is -2.48. The third-order valence-electron chi connectivity index (χ3n) is 4.37. The van der Waals surface area contributed by atoms with E-state index in [0.717, 1.165) is 18.2 Å². The smallest absolute Gasteiger partial charge is 0.255 e. The van der Waals surface area contributed by atoms with Crippen molar-refractivity contribution in [3.8, 4) is 0 Å². The van der Waals surface area contributed by atoms with Gasteiger partial charge in [0.2, 0.25) is 10.0 Å². The van der Waals surface area contributed by atoms with E-state index in [4.69, 9.17) is 16.3 Å². The molecular weight excluding hydrogens is 426 g/mol. The first-order valence-electron chi connectivity index (χ1n) is 8.79. The van der Waals surface area contributed by atoms with Gasteiger partial charge < -0.3 is 10.1 Å². The fraction of sp³-hybridized carbons (Fsp3) is 0.316. The Kier molecular flexibility index (Phi) is 6.23. The number of nitrogens with one attached hydrogen (secondary N) is 1. The number of morpholine rings is 1. The highest BCUT2D eigenvalue weighted by molar-refractivity contribution is 7.89. The minimum absolute atomic E-state index is 0.00654. The first kappa shape index (κ1) is 21.6. The van der Waals surface area contributed by atoms with Crippen molar-refractivity contribution in [2.24, 2.45) is 0 Å². The number of hydrogen-bond donors (Lipinski definition) is 1. The molecular formula is C19H19ClF2N2O4S. The number of halogens is 3. The second kappa shape index (κ2) is 8.35. The van der Waals surface area contributed by atoms with Crippen molar-refractivity contribution >= 4 is 33.2 Å². The highest BCUT2D eigenvalue weighted by atomic mass is 35.5. The summed E-state index contributed by atoms with van der Waals surface area (Å²) in [6, 6.07) is 6.72. The average molecular weight is 445 g/mol. The molecule has 1 amide bonds. The Balaban J connectivity index is 1.89. The van der Waals surface area contributed by atoms with E-state index in [2.05, 4.69) is 5.32 Å². The first-order valence-corrected chi connectivity index (χ1v) is 10.6. The molecule has 1 aliphatic heterocycles. The molecule has 0 aliphatic carbocycles. The summed E-state index contributed by atoms with van der Waals surface area (Å²) in [4.78, 5) is 12.3. The van der Waals surface area contributed by atoms with Gasteiger partial charge >= 0.3 is 0 Å². The molecule has 0 spiro atoms. The number of rotatable bonds is 4. The highest BCUT2D eigenvalue weighted by Crippen LogP contribution is 2.28. The molecule has 2 aromatic rings. The zero-order valence-corrected chi connectivity index (χ0v) is 17.2. The maximum absolute atomic E-state index is 13.3. The molecule has 1 heterocycles. The van der Waals surface area contributed by atoms with E-state index in [-0.39, 0.29) is 46.5 Å². The quantitative estimate of drug-likeness (QED) is 0.780. The van der Waals surface area contributed by atoms with Gasteiger partial charge in [0.05, 0.1) is 17.2 Å². The maximum Gasteiger partial charge on any atom is 0.255 e. The molecule has 6 nitrogen and oxygen atoms in total. The van der Waals surface area contributed by atoms with Gasteiger partial charge in [-0.2, -0.15) is 4.31 Å². The fourth-order valence-electron chi connectivity index (χ4n) is 3.09. The fourth-order valence-corrected chi connectivity index (χ4v) is 5.18. The summed E-state index contributed by atoms with van der Waals surface area (Å²) < 4.78 is 59.4. The Morgan fingerprint density at radius 1 is 1.10 bits per heavy atom. The Morgan fingerprint density at radius 2 is 1.76 bits per heavy atom. The molecule has 1 saturated heterocycles. The normalized spacial score (nSPS) is 20.4. The van der Waals surface area contributed by atoms with Gasteiger partial charge in [-0.25, -0.2) is 17.2 Å². The molecule has 2 atom stereocenters. The summed E-state index contributed by atoms with van der Waals surface area (Å²) in [5.41, 5.74) is 0.0381. The van der Waals surface area contributed by atoms with Crippen LogP contribution in [0.5, 0.6) is 0 Å². The van der Waals surface area contributed by atoms with Crippen LogP contribution in [0, 0.1) is 11.6 Å². The van der Waals surface area contributed by atoms with Gasteiger partial charge in [0.25, 0.3) is 5.91 Å². The second-order valence-corrected chi connectivity index (χ2v) is 9.12. The number of benzene rings is 2. The first-order chi connectivity index (χ1) is 13.6. The van der Waals surface area contributed by atoms with Crippen molar-refractivity contribution in [1.29, 1.82) is 0 Å². The summed E-state index contributed by atoms with van der Waals surface area (Å²) in [5, 5.41) is 2.37. The predicted octanol–water partition coefficient (Wildman–Crippen LogP) is 3.67. The lowest BCUT2D eigenvalue weighted by atomic mass is 10.2. The number of ether oxygens (including phenoxy) is 1. The third-order valence-corrected chi connectivity index (χ3v) is 6.69. The van der Waals surface area contributed by atoms with Crippen molar-refractivity contribution in [3.05, 3.63) is 58.6 Å². The molecule has 1 aliphatic rings. The molecule has 156 valence electrons. The molecule has 1 fully saturated rings. The molecule has 10 heteroatoms. The van der Waals surface area contributed by atoms with Gasteiger partial charge in [-0.3, -0.25) is 4.79 Å². The molecule has 29 heavy (non-hydrogen) atoms. The second-order valence-electron chi connectivity index (χ2n) is 6.81. The van der Waals surface area contributed by atoms with Crippen LogP contribution in [0.3, 0.4) is 0 Å². The summed E-state index contributed by atoms with van der Waals surface area (Å²) in [6.07, 6.45) is -0.570.